The second kappa shape index (κ2) is 6.44. The molecule has 0 bridgehead atoms. The van der Waals surface area contributed by atoms with E-state index in [1.165, 1.54) is 4.90 Å². The van der Waals surface area contributed by atoms with Gasteiger partial charge in [0, 0.05) is 24.1 Å². The van der Waals surface area contributed by atoms with Crippen molar-refractivity contribution in [1.29, 1.82) is 0 Å². The normalized spacial score (nSPS) is 14.7. The van der Waals surface area contributed by atoms with Gasteiger partial charge in [-0.2, -0.15) is 0 Å². The minimum absolute atomic E-state index is 0.192. The van der Waals surface area contributed by atoms with E-state index >= 15 is 0 Å². The van der Waals surface area contributed by atoms with Gasteiger partial charge >= 0.3 is 0 Å². The van der Waals surface area contributed by atoms with Crippen molar-refractivity contribution >= 4 is 29.1 Å². The minimum atomic E-state index is -0.237. The number of nitrogens with one attached hydrogen (secondary N) is 1. The van der Waals surface area contributed by atoms with E-state index in [4.69, 9.17) is 0 Å². The Bertz CT molecular complexity index is 723. The lowest BCUT2D eigenvalue weighted by molar-refractivity contribution is -0.129. The van der Waals surface area contributed by atoms with Crippen LogP contribution in [0.1, 0.15) is 29.6 Å². The summed E-state index contributed by atoms with van der Waals surface area (Å²) in [5.41, 5.74) is 1.69. The summed E-state index contributed by atoms with van der Waals surface area (Å²) in [5, 5.41) is 2.79. The van der Waals surface area contributed by atoms with E-state index in [1.807, 2.05) is 18.2 Å². The van der Waals surface area contributed by atoms with Crippen LogP contribution in [0.2, 0.25) is 0 Å². The maximum absolute atomic E-state index is 12.2. The Morgan fingerprint density at radius 1 is 0.870 bits per heavy atom. The zero-order valence-corrected chi connectivity index (χ0v) is 12.5. The standard InChI is InChI=1S/C18H16N2O3/c21-16-7-4-8-17(22)20(16)15-11-9-13(10-12-15)18(23)19-14-5-2-1-3-6-14/h1-3,5-6,9-12H,4,7-8H2,(H,19,23). The molecule has 1 fully saturated rings. The Kier molecular flexibility index (Phi) is 4.19. The van der Waals surface area contributed by atoms with Gasteiger partial charge in [0.15, 0.2) is 0 Å². The molecule has 0 radical (unpaired) electrons. The van der Waals surface area contributed by atoms with Crippen LogP contribution in [-0.4, -0.2) is 17.7 Å². The number of hydrogen-bond acceptors (Lipinski definition) is 3. The van der Waals surface area contributed by atoms with Crippen molar-refractivity contribution in [1.82, 2.24) is 0 Å². The molecular weight excluding hydrogens is 292 g/mol. The topological polar surface area (TPSA) is 66.5 Å². The van der Waals surface area contributed by atoms with E-state index in [2.05, 4.69) is 5.32 Å². The lowest BCUT2D eigenvalue weighted by atomic mass is 10.1. The van der Waals surface area contributed by atoms with Crippen molar-refractivity contribution in [2.24, 2.45) is 0 Å². The Labute approximate surface area is 133 Å². The van der Waals surface area contributed by atoms with Gasteiger partial charge in [-0.15, -0.1) is 0 Å². The van der Waals surface area contributed by atoms with Crippen molar-refractivity contribution in [3.63, 3.8) is 0 Å². The first-order valence-electron chi connectivity index (χ1n) is 7.47. The minimum Gasteiger partial charge on any atom is -0.322 e. The monoisotopic (exact) mass is 308 g/mol. The van der Waals surface area contributed by atoms with E-state index in [0.29, 0.717) is 36.2 Å². The van der Waals surface area contributed by atoms with Crippen molar-refractivity contribution in [2.75, 3.05) is 10.2 Å². The van der Waals surface area contributed by atoms with Crippen molar-refractivity contribution in [2.45, 2.75) is 19.3 Å². The van der Waals surface area contributed by atoms with E-state index in [9.17, 15) is 14.4 Å². The number of amides is 3. The van der Waals surface area contributed by atoms with Crippen LogP contribution >= 0.6 is 0 Å². The summed E-state index contributed by atoms with van der Waals surface area (Å²) in [4.78, 5) is 37.2. The fourth-order valence-electron chi connectivity index (χ4n) is 2.53. The summed E-state index contributed by atoms with van der Waals surface area (Å²) in [5.74, 6) is -0.621. The number of piperidine rings is 1. The highest BCUT2D eigenvalue weighted by Crippen LogP contribution is 2.22. The summed E-state index contributed by atoms with van der Waals surface area (Å²) in [6.07, 6.45) is 1.36. The molecule has 5 heteroatoms. The molecule has 3 rings (SSSR count). The van der Waals surface area contributed by atoms with E-state index in [0.717, 1.165) is 0 Å². The van der Waals surface area contributed by atoms with Crippen LogP contribution in [0.15, 0.2) is 54.6 Å². The van der Waals surface area contributed by atoms with E-state index < -0.39 is 0 Å². The first-order chi connectivity index (χ1) is 11.1. The van der Waals surface area contributed by atoms with Crippen molar-refractivity contribution < 1.29 is 14.4 Å². The fraction of sp³-hybridized carbons (Fsp3) is 0.167. The SMILES string of the molecule is O=C(Nc1ccccc1)c1ccc(N2C(=O)CCCC2=O)cc1. The molecular formula is C18H16N2O3. The number of nitrogens with zero attached hydrogens (tertiary/aromatic N) is 1. The van der Waals surface area contributed by atoms with Crippen LogP contribution in [-0.2, 0) is 9.59 Å². The molecule has 116 valence electrons. The first-order valence-corrected chi connectivity index (χ1v) is 7.47. The summed E-state index contributed by atoms with van der Waals surface area (Å²) in [6.45, 7) is 0. The maximum atomic E-state index is 12.2. The molecule has 1 aliphatic heterocycles. The van der Waals surface area contributed by atoms with Gasteiger partial charge < -0.3 is 5.32 Å². The van der Waals surface area contributed by atoms with Gasteiger partial charge in [0.2, 0.25) is 11.8 Å². The molecule has 2 aromatic carbocycles. The second-order valence-electron chi connectivity index (χ2n) is 5.34. The lowest BCUT2D eigenvalue weighted by Crippen LogP contribution is -2.40. The van der Waals surface area contributed by atoms with Gasteiger partial charge in [0.05, 0.1) is 5.69 Å². The zero-order valence-electron chi connectivity index (χ0n) is 12.5. The highest BCUT2D eigenvalue weighted by atomic mass is 16.2. The van der Waals surface area contributed by atoms with Crippen molar-refractivity contribution in [3.05, 3.63) is 60.2 Å². The third-order valence-electron chi connectivity index (χ3n) is 3.70. The van der Waals surface area contributed by atoms with E-state index in [1.54, 1.807) is 36.4 Å². The number of imide groups is 1. The third-order valence-corrected chi connectivity index (χ3v) is 3.70. The Morgan fingerprint density at radius 3 is 2.09 bits per heavy atom. The number of para-hydroxylation sites is 1. The number of carbonyl (C=O) groups is 3. The summed E-state index contributed by atoms with van der Waals surface area (Å²) >= 11 is 0. The molecule has 0 saturated carbocycles. The van der Waals surface area contributed by atoms with Gasteiger partial charge in [0.1, 0.15) is 0 Å². The van der Waals surface area contributed by atoms with Crippen LogP contribution in [0.25, 0.3) is 0 Å². The molecule has 0 spiro atoms. The largest absolute Gasteiger partial charge is 0.322 e. The molecule has 0 aromatic heterocycles. The van der Waals surface area contributed by atoms with Gasteiger partial charge in [-0.25, -0.2) is 0 Å². The Hall–Kier alpha value is -2.95. The summed E-state index contributed by atoms with van der Waals surface area (Å²) in [6, 6.07) is 15.6. The van der Waals surface area contributed by atoms with Crippen LogP contribution < -0.4 is 10.2 Å². The molecule has 1 heterocycles. The van der Waals surface area contributed by atoms with Crippen LogP contribution in [0.5, 0.6) is 0 Å². The molecule has 5 nitrogen and oxygen atoms in total. The average molecular weight is 308 g/mol. The second-order valence-corrected chi connectivity index (χ2v) is 5.34. The predicted octanol–water partition coefficient (Wildman–Crippen LogP) is 2.98. The predicted molar refractivity (Wildman–Crippen MR) is 87.2 cm³/mol. The average Bonchev–Trinajstić information content (AvgIpc) is 2.56. The molecule has 2 aromatic rings. The molecule has 1 aliphatic rings. The third kappa shape index (κ3) is 3.29. The smallest absolute Gasteiger partial charge is 0.255 e. The van der Waals surface area contributed by atoms with Crippen molar-refractivity contribution in [3.8, 4) is 0 Å². The molecule has 0 unspecified atom stereocenters. The number of anilines is 2. The molecule has 1 saturated heterocycles. The van der Waals surface area contributed by atoms with Crippen LogP contribution in [0, 0.1) is 0 Å². The zero-order chi connectivity index (χ0) is 16.2. The molecule has 0 atom stereocenters. The maximum Gasteiger partial charge on any atom is 0.255 e. The van der Waals surface area contributed by atoms with Gasteiger partial charge in [-0.05, 0) is 42.8 Å². The lowest BCUT2D eigenvalue weighted by Gasteiger charge is -2.24. The Morgan fingerprint density at radius 2 is 1.48 bits per heavy atom. The number of hydrogen-bond donors (Lipinski definition) is 1. The van der Waals surface area contributed by atoms with Crippen LogP contribution in [0.4, 0.5) is 11.4 Å². The number of benzene rings is 2. The molecule has 23 heavy (non-hydrogen) atoms. The molecule has 1 N–H and O–H groups in total. The fourth-order valence-corrected chi connectivity index (χ4v) is 2.53. The summed E-state index contributed by atoms with van der Waals surface area (Å²) in [7, 11) is 0. The van der Waals surface area contributed by atoms with E-state index in [-0.39, 0.29) is 17.7 Å². The van der Waals surface area contributed by atoms with Gasteiger partial charge in [0.25, 0.3) is 5.91 Å². The summed E-state index contributed by atoms with van der Waals surface area (Å²) < 4.78 is 0. The van der Waals surface area contributed by atoms with Gasteiger partial charge in [-0.3, -0.25) is 19.3 Å². The highest BCUT2D eigenvalue weighted by molar-refractivity contribution is 6.16. The Balaban J connectivity index is 1.75. The number of carbonyl (C=O) groups excluding carboxylic acids is 3. The first kappa shape index (κ1) is 15.0. The molecule has 3 amide bonds. The molecule has 0 aliphatic carbocycles. The van der Waals surface area contributed by atoms with Gasteiger partial charge in [-0.1, -0.05) is 18.2 Å². The van der Waals surface area contributed by atoms with Crippen LogP contribution in [0.3, 0.4) is 0 Å². The number of rotatable bonds is 3. The quantitative estimate of drug-likeness (QED) is 0.886. The highest BCUT2D eigenvalue weighted by Gasteiger charge is 2.27.